The molecule has 0 saturated carbocycles. The standard InChI is InChI=1S/C14H23NO2/c1-3-4-5-6-9-12(16)11-8-7-10-13(17-2)14(11)15/h7-8,10,12,16H,3-6,9,15H2,1-2H3. The molecule has 1 atom stereocenters. The molecule has 1 unspecified atom stereocenters. The molecule has 1 aromatic carbocycles. The Morgan fingerprint density at radius 3 is 2.71 bits per heavy atom. The molecule has 0 amide bonds. The fourth-order valence-corrected chi connectivity index (χ4v) is 1.95. The van der Waals surface area contributed by atoms with Crippen molar-refractivity contribution < 1.29 is 9.84 Å². The van der Waals surface area contributed by atoms with Gasteiger partial charge in [0.1, 0.15) is 5.75 Å². The van der Waals surface area contributed by atoms with Gasteiger partial charge in [0.25, 0.3) is 0 Å². The van der Waals surface area contributed by atoms with E-state index in [4.69, 9.17) is 10.5 Å². The normalized spacial score (nSPS) is 12.4. The zero-order chi connectivity index (χ0) is 12.7. The zero-order valence-electron chi connectivity index (χ0n) is 10.8. The van der Waals surface area contributed by atoms with Crippen molar-refractivity contribution in [1.29, 1.82) is 0 Å². The third-order valence-electron chi connectivity index (χ3n) is 3.01. The van der Waals surface area contributed by atoms with Crippen molar-refractivity contribution in [3.63, 3.8) is 0 Å². The smallest absolute Gasteiger partial charge is 0.142 e. The molecule has 0 fully saturated rings. The van der Waals surface area contributed by atoms with E-state index in [1.807, 2.05) is 18.2 Å². The molecule has 0 aliphatic rings. The van der Waals surface area contributed by atoms with Crippen molar-refractivity contribution in [2.45, 2.75) is 45.1 Å². The van der Waals surface area contributed by atoms with Crippen LogP contribution >= 0.6 is 0 Å². The summed E-state index contributed by atoms with van der Waals surface area (Å²) in [5, 5.41) is 10.1. The molecule has 3 N–H and O–H groups in total. The van der Waals surface area contributed by atoms with E-state index in [9.17, 15) is 5.11 Å². The van der Waals surface area contributed by atoms with Gasteiger partial charge in [0, 0.05) is 5.56 Å². The predicted octanol–water partition coefficient (Wildman–Crippen LogP) is 3.28. The second kappa shape index (κ2) is 7.17. The average Bonchev–Trinajstić information content (AvgIpc) is 2.34. The number of rotatable bonds is 7. The van der Waals surface area contributed by atoms with E-state index >= 15 is 0 Å². The van der Waals surface area contributed by atoms with Crippen LogP contribution in [0.5, 0.6) is 5.75 Å². The Balaban J connectivity index is 2.59. The quantitative estimate of drug-likeness (QED) is 0.565. The number of aliphatic hydroxyl groups is 1. The van der Waals surface area contributed by atoms with Gasteiger partial charge >= 0.3 is 0 Å². The molecular weight excluding hydrogens is 214 g/mol. The summed E-state index contributed by atoms with van der Waals surface area (Å²) in [5.74, 6) is 0.634. The van der Waals surface area contributed by atoms with Crippen LogP contribution < -0.4 is 10.5 Å². The van der Waals surface area contributed by atoms with Crippen molar-refractivity contribution >= 4 is 5.69 Å². The largest absolute Gasteiger partial charge is 0.495 e. The molecule has 1 aromatic rings. The number of hydrogen-bond acceptors (Lipinski definition) is 3. The van der Waals surface area contributed by atoms with Crippen LogP contribution in [0, 0.1) is 0 Å². The lowest BCUT2D eigenvalue weighted by atomic mass is 10.0. The Labute approximate surface area is 104 Å². The van der Waals surface area contributed by atoms with Gasteiger partial charge in [-0.25, -0.2) is 0 Å². The van der Waals surface area contributed by atoms with Gasteiger partial charge in [-0.15, -0.1) is 0 Å². The van der Waals surface area contributed by atoms with Crippen LogP contribution in [0.25, 0.3) is 0 Å². The van der Waals surface area contributed by atoms with Gasteiger partial charge in [0.05, 0.1) is 18.9 Å². The number of benzene rings is 1. The summed E-state index contributed by atoms with van der Waals surface area (Å²) < 4.78 is 5.14. The fraction of sp³-hybridized carbons (Fsp3) is 0.571. The summed E-state index contributed by atoms with van der Waals surface area (Å²) in [6.45, 7) is 2.18. The molecule has 1 rings (SSSR count). The number of nitrogen functional groups attached to an aromatic ring is 1. The molecule has 0 aromatic heterocycles. The van der Waals surface area contributed by atoms with Gasteiger partial charge in [-0.1, -0.05) is 44.7 Å². The summed E-state index contributed by atoms with van der Waals surface area (Å²) in [5.41, 5.74) is 7.27. The van der Waals surface area contributed by atoms with Crippen LogP contribution in [0.15, 0.2) is 18.2 Å². The first kappa shape index (κ1) is 13.8. The Morgan fingerprint density at radius 1 is 1.29 bits per heavy atom. The van der Waals surface area contributed by atoms with Gasteiger partial charge in [-0.2, -0.15) is 0 Å². The lowest BCUT2D eigenvalue weighted by molar-refractivity contribution is 0.164. The molecule has 0 saturated heterocycles. The first-order valence-corrected chi connectivity index (χ1v) is 6.31. The number of unbranched alkanes of at least 4 members (excludes halogenated alkanes) is 3. The molecule has 96 valence electrons. The average molecular weight is 237 g/mol. The van der Waals surface area contributed by atoms with E-state index in [1.165, 1.54) is 12.8 Å². The van der Waals surface area contributed by atoms with E-state index < -0.39 is 6.10 Å². The first-order chi connectivity index (χ1) is 8.20. The van der Waals surface area contributed by atoms with E-state index in [1.54, 1.807) is 7.11 Å². The monoisotopic (exact) mass is 237 g/mol. The molecule has 3 heteroatoms. The fourth-order valence-electron chi connectivity index (χ4n) is 1.95. The molecular formula is C14H23NO2. The van der Waals surface area contributed by atoms with Crippen LogP contribution in [0.4, 0.5) is 5.69 Å². The lowest BCUT2D eigenvalue weighted by Gasteiger charge is -2.15. The summed E-state index contributed by atoms with van der Waals surface area (Å²) >= 11 is 0. The van der Waals surface area contributed by atoms with E-state index in [2.05, 4.69) is 6.92 Å². The minimum atomic E-state index is -0.484. The highest BCUT2D eigenvalue weighted by molar-refractivity contribution is 5.59. The van der Waals surface area contributed by atoms with Crippen LogP contribution in [0.3, 0.4) is 0 Å². The Morgan fingerprint density at radius 2 is 2.06 bits per heavy atom. The maximum atomic E-state index is 10.1. The highest BCUT2D eigenvalue weighted by Crippen LogP contribution is 2.31. The predicted molar refractivity (Wildman–Crippen MR) is 71.1 cm³/mol. The van der Waals surface area contributed by atoms with E-state index in [0.717, 1.165) is 24.8 Å². The van der Waals surface area contributed by atoms with Crippen molar-refractivity contribution in [3.8, 4) is 5.75 Å². The first-order valence-electron chi connectivity index (χ1n) is 6.31. The minimum absolute atomic E-state index is 0.484. The summed E-state index contributed by atoms with van der Waals surface area (Å²) in [6.07, 6.45) is 4.90. The van der Waals surface area contributed by atoms with E-state index in [0.29, 0.717) is 11.4 Å². The van der Waals surface area contributed by atoms with Gasteiger partial charge in [0.15, 0.2) is 0 Å². The summed E-state index contributed by atoms with van der Waals surface area (Å²) in [6, 6.07) is 5.53. The molecule has 3 nitrogen and oxygen atoms in total. The maximum Gasteiger partial charge on any atom is 0.142 e. The second-order valence-corrected chi connectivity index (χ2v) is 4.33. The minimum Gasteiger partial charge on any atom is -0.495 e. The van der Waals surface area contributed by atoms with Crippen LogP contribution in [0.2, 0.25) is 0 Å². The number of nitrogens with two attached hydrogens (primary N) is 1. The number of anilines is 1. The Kier molecular flexibility index (Phi) is 5.84. The molecule has 0 heterocycles. The third-order valence-corrected chi connectivity index (χ3v) is 3.01. The van der Waals surface area contributed by atoms with Gasteiger partial charge in [0.2, 0.25) is 0 Å². The van der Waals surface area contributed by atoms with E-state index in [-0.39, 0.29) is 0 Å². The summed E-state index contributed by atoms with van der Waals surface area (Å²) in [7, 11) is 1.59. The molecule has 17 heavy (non-hydrogen) atoms. The topological polar surface area (TPSA) is 55.5 Å². The van der Waals surface area contributed by atoms with Crippen LogP contribution in [0.1, 0.15) is 50.7 Å². The number of aliphatic hydroxyl groups excluding tert-OH is 1. The number of methoxy groups -OCH3 is 1. The van der Waals surface area contributed by atoms with Gasteiger partial charge in [-0.3, -0.25) is 0 Å². The molecule has 0 aliphatic heterocycles. The number of hydrogen-bond donors (Lipinski definition) is 2. The van der Waals surface area contributed by atoms with Crippen molar-refractivity contribution in [1.82, 2.24) is 0 Å². The highest BCUT2D eigenvalue weighted by Gasteiger charge is 2.13. The van der Waals surface area contributed by atoms with Crippen LogP contribution in [-0.4, -0.2) is 12.2 Å². The van der Waals surface area contributed by atoms with Crippen molar-refractivity contribution in [2.75, 3.05) is 12.8 Å². The van der Waals surface area contributed by atoms with Gasteiger partial charge < -0.3 is 15.6 Å². The molecule has 0 spiro atoms. The Bertz CT molecular complexity index is 339. The van der Waals surface area contributed by atoms with Gasteiger partial charge in [-0.05, 0) is 12.5 Å². The third kappa shape index (κ3) is 3.93. The highest BCUT2D eigenvalue weighted by atomic mass is 16.5. The van der Waals surface area contributed by atoms with Crippen molar-refractivity contribution in [3.05, 3.63) is 23.8 Å². The maximum absolute atomic E-state index is 10.1. The number of para-hydroxylation sites is 1. The second-order valence-electron chi connectivity index (χ2n) is 4.33. The SMILES string of the molecule is CCCCCCC(O)c1cccc(OC)c1N. The molecule has 0 bridgehead atoms. The Hall–Kier alpha value is -1.22. The number of ether oxygens (including phenoxy) is 1. The summed E-state index contributed by atoms with van der Waals surface area (Å²) in [4.78, 5) is 0. The van der Waals surface area contributed by atoms with Crippen LogP contribution in [-0.2, 0) is 0 Å². The molecule has 0 radical (unpaired) electrons. The lowest BCUT2D eigenvalue weighted by Crippen LogP contribution is -2.04. The van der Waals surface area contributed by atoms with Crippen molar-refractivity contribution in [2.24, 2.45) is 0 Å². The molecule has 0 aliphatic carbocycles. The zero-order valence-corrected chi connectivity index (χ0v) is 10.8.